The molecule has 2 aliphatic rings. The first-order valence-corrected chi connectivity index (χ1v) is 21.8. The zero-order valence-corrected chi connectivity index (χ0v) is 34.4. The Hall–Kier alpha value is -8.16. The van der Waals surface area contributed by atoms with E-state index in [1.165, 1.54) is 61.0 Å². The fourth-order valence-electron chi connectivity index (χ4n) is 6.80. The van der Waals surface area contributed by atoms with Crippen LogP contribution in [0.3, 0.4) is 0 Å². The van der Waals surface area contributed by atoms with Crippen LogP contribution in [-0.4, -0.2) is 70.5 Å². The van der Waals surface area contributed by atoms with Gasteiger partial charge in [-0.05, 0) is 59.7 Å². The van der Waals surface area contributed by atoms with Gasteiger partial charge in [-0.3, -0.25) is 49.1 Å². The molecule has 8 rings (SSSR count). The minimum Gasteiger partial charge on any atom is -0.289 e. The van der Waals surface area contributed by atoms with E-state index in [2.05, 4.69) is 31.0 Å². The molecule has 316 valence electrons. The van der Waals surface area contributed by atoms with Gasteiger partial charge in [0.15, 0.2) is 11.6 Å². The normalized spacial score (nSPS) is 15.0. The number of hydrogen-bond acceptors (Lipinski definition) is 14. The molecule has 0 unspecified atom stereocenters. The first-order valence-electron chi connectivity index (χ1n) is 18.9. The molecule has 4 aromatic carbocycles. The number of carbonyl (C=O) groups excluding carboxylic acids is 4. The standard InChI is InChI=1S/C46H30N6O10S2/c53-43(29-9-3-1-4-10-29)35-25-37(45(55)41-33(35)13-7-21-47-41)51-49-31-19-17-27(39(23-31)63(57,58)59)15-16-28-18-20-32(24-40(28)64(60,61)62)50-52-38-26-36(44(54)30-11-5-2-6-12-30)34-14-8-22-48-42(34)46(38)56/h1-26,49-50H,(H,57,58,59)(H,60,61,62)/b16-15+,51-37?,52-38?. The molecule has 0 aliphatic heterocycles. The lowest BCUT2D eigenvalue weighted by Gasteiger charge is -2.16. The summed E-state index contributed by atoms with van der Waals surface area (Å²) in [6, 6.07) is 30.4. The average Bonchev–Trinajstić information content (AvgIpc) is 3.30. The predicted octanol–water partition coefficient (Wildman–Crippen LogP) is 7.00. The van der Waals surface area contributed by atoms with Gasteiger partial charge < -0.3 is 0 Å². The summed E-state index contributed by atoms with van der Waals surface area (Å²) in [5, 5.41) is 8.28. The van der Waals surface area contributed by atoms with Gasteiger partial charge in [-0.25, -0.2) is 0 Å². The van der Waals surface area contributed by atoms with E-state index in [1.54, 1.807) is 84.9 Å². The van der Waals surface area contributed by atoms with Crippen LogP contribution in [-0.2, 0) is 20.2 Å². The van der Waals surface area contributed by atoms with Crippen molar-refractivity contribution in [1.29, 1.82) is 0 Å². The largest absolute Gasteiger partial charge is 0.295 e. The molecule has 18 heteroatoms. The van der Waals surface area contributed by atoms with E-state index in [0.29, 0.717) is 22.3 Å². The Balaban J connectivity index is 1.07. The number of carbonyl (C=O) groups is 4. The van der Waals surface area contributed by atoms with Crippen LogP contribution >= 0.6 is 0 Å². The number of anilines is 2. The number of Topliss-reactive ketones (excluding diaryl/α,β-unsaturated/α-hetero) is 4. The monoisotopic (exact) mass is 890 g/mol. The van der Waals surface area contributed by atoms with Crippen molar-refractivity contribution < 1.29 is 45.1 Å². The van der Waals surface area contributed by atoms with Crippen LogP contribution in [0.1, 0.15) is 63.9 Å². The minimum atomic E-state index is -4.94. The Bertz CT molecular complexity index is 3120. The van der Waals surface area contributed by atoms with Crippen LogP contribution in [0.2, 0.25) is 0 Å². The van der Waals surface area contributed by atoms with Crippen molar-refractivity contribution in [3.63, 3.8) is 0 Å². The third-order valence-corrected chi connectivity index (χ3v) is 11.7. The molecule has 0 radical (unpaired) electrons. The van der Waals surface area contributed by atoms with Gasteiger partial charge in [0.2, 0.25) is 11.6 Å². The van der Waals surface area contributed by atoms with Crippen LogP contribution in [0.15, 0.2) is 166 Å². The van der Waals surface area contributed by atoms with Gasteiger partial charge in [-0.2, -0.15) is 27.0 Å². The van der Waals surface area contributed by atoms with Crippen molar-refractivity contribution in [1.82, 2.24) is 9.97 Å². The minimum absolute atomic E-state index is 0.000912. The van der Waals surface area contributed by atoms with Crippen LogP contribution in [0.5, 0.6) is 0 Å². The third kappa shape index (κ3) is 8.78. The summed E-state index contributed by atoms with van der Waals surface area (Å²) in [6.07, 6.45) is 7.73. The highest BCUT2D eigenvalue weighted by molar-refractivity contribution is 7.86. The summed E-state index contributed by atoms with van der Waals surface area (Å²) < 4.78 is 70.8. The maximum Gasteiger partial charge on any atom is 0.295 e. The molecule has 4 N–H and O–H groups in total. The van der Waals surface area contributed by atoms with Crippen molar-refractivity contribution in [2.45, 2.75) is 9.79 Å². The summed E-state index contributed by atoms with van der Waals surface area (Å²) in [5.74, 6) is -2.00. The summed E-state index contributed by atoms with van der Waals surface area (Å²) in [4.78, 5) is 60.7. The van der Waals surface area contributed by atoms with E-state index in [1.807, 2.05) is 0 Å². The van der Waals surface area contributed by atoms with E-state index in [9.17, 15) is 45.1 Å². The Labute approximate surface area is 364 Å². The fourth-order valence-corrected chi connectivity index (χ4v) is 8.22. The molecule has 0 fully saturated rings. The Kier molecular flexibility index (Phi) is 11.5. The molecule has 64 heavy (non-hydrogen) atoms. The van der Waals surface area contributed by atoms with Gasteiger partial charge in [0.1, 0.15) is 32.6 Å². The Morgan fingerprint density at radius 1 is 0.531 bits per heavy atom. The highest BCUT2D eigenvalue weighted by Crippen LogP contribution is 2.31. The quantitative estimate of drug-likeness (QED) is 0.0418. The maximum absolute atomic E-state index is 13.5. The number of aromatic nitrogens is 2. The van der Waals surface area contributed by atoms with Crippen LogP contribution in [0.25, 0.3) is 23.3 Å². The predicted molar refractivity (Wildman–Crippen MR) is 238 cm³/mol. The topological polar surface area (TPSA) is 252 Å². The second-order valence-electron chi connectivity index (χ2n) is 14.0. The van der Waals surface area contributed by atoms with Crippen molar-refractivity contribution in [2.24, 2.45) is 10.2 Å². The van der Waals surface area contributed by atoms with Gasteiger partial charge in [-0.1, -0.05) is 97.1 Å². The molecule has 0 atom stereocenters. The third-order valence-electron chi connectivity index (χ3n) is 9.85. The molecule has 0 spiro atoms. The lowest BCUT2D eigenvalue weighted by Crippen LogP contribution is -2.24. The SMILES string of the molecule is O=C(C1=CC(=NNc2ccc(/C=C/c3ccc(NN=C4C=C(C(=O)c5ccccc5)c5cccnc5C4=O)cc3S(=O)(=O)O)c(S(=O)(=O)O)c2)C(=O)c2ncccc21)c1ccccc1. The number of nitrogens with one attached hydrogen (secondary N) is 2. The zero-order chi connectivity index (χ0) is 45.2. The highest BCUT2D eigenvalue weighted by atomic mass is 32.2. The van der Waals surface area contributed by atoms with Crippen molar-refractivity contribution in [3.05, 3.63) is 191 Å². The lowest BCUT2D eigenvalue weighted by molar-refractivity contribution is 0.104. The van der Waals surface area contributed by atoms with Crippen LogP contribution in [0.4, 0.5) is 11.4 Å². The number of nitrogens with zero attached hydrogens (tertiary/aromatic N) is 4. The Morgan fingerprint density at radius 3 is 1.30 bits per heavy atom. The second kappa shape index (κ2) is 17.3. The van der Waals surface area contributed by atoms with Crippen LogP contribution < -0.4 is 10.9 Å². The molecule has 0 saturated carbocycles. The summed E-state index contributed by atoms with van der Waals surface area (Å²) in [7, 11) is -9.88. The number of hydrazone groups is 2. The van der Waals surface area contributed by atoms with E-state index in [-0.39, 0.29) is 68.0 Å². The number of benzene rings is 4. The molecular formula is C46H30N6O10S2. The van der Waals surface area contributed by atoms with Crippen molar-refractivity contribution in [2.75, 3.05) is 10.9 Å². The second-order valence-corrected chi connectivity index (χ2v) is 16.8. The van der Waals surface area contributed by atoms with Crippen LogP contribution in [0, 0.1) is 0 Å². The van der Waals surface area contributed by atoms with Crippen molar-refractivity contribution >= 4 is 89.5 Å². The van der Waals surface area contributed by atoms with Crippen molar-refractivity contribution in [3.8, 4) is 0 Å². The molecular weight excluding hydrogens is 861 g/mol. The Morgan fingerprint density at radius 2 is 0.922 bits per heavy atom. The molecule has 2 aromatic heterocycles. The van der Waals surface area contributed by atoms with E-state index in [4.69, 9.17) is 0 Å². The van der Waals surface area contributed by atoms with Gasteiger partial charge in [0.05, 0.1) is 11.4 Å². The fraction of sp³-hybridized carbons (Fsp3) is 0. The van der Waals surface area contributed by atoms with E-state index in [0.717, 1.165) is 12.1 Å². The number of allylic oxidation sites excluding steroid dienone is 4. The molecule has 2 aliphatic carbocycles. The number of rotatable bonds is 12. The molecule has 0 amide bonds. The lowest BCUT2D eigenvalue weighted by atomic mass is 9.88. The van der Waals surface area contributed by atoms with Gasteiger partial charge in [-0.15, -0.1) is 0 Å². The molecule has 0 saturated heterocycles. The van der Waals surface area contributed by atoms with E-state index >= 15 is 0 Å². The molecule has 6 aromatic rings. The molecule has 2 heterocycles. The molecule has 16 nitrogen and oxygen atoms in total. The maximum atomic E-state index is 13.5. The van der Waals surface area contributed by atoms with Gasteiger partial charge in [0, 0.05) is 45.8 Å². The molecule has 0 bridgehead atoms. The first-order chi connectivity index (χ1) is 30.7. The summed E-state index contributed by atoms with van der Waals surface area (Å²) in [6.45, 7) is 0. The van der Waals surface area contributed by atoms with Gasteiger partial charge in [0.25, 0.3) is 20.2 Å². The zero-order valence-electron chi connectivity index (χ0n) is 32.8. The van der Waals surface area contributed by atoms with E-state index < -0.39 is 41.6 Å². The number of fused-ring (bicyclic) bond motifs is 2. The summed E-state index contributed by atoms with van der Waals surface area (Å²) >= 11 is 0. The summed E-state index contributed by atoms with van der Waals surface area (Å²) in [5.41, 5.74) is 6.15. The smallest absolute Gasteiger partial charge is 0.289 e. The highest BCUT2D eigenvalue weighted by Gasteiger charge is 2.31. The first kappa shape index (κ1) is 42.5. The average molecular weight is 891 g/mol. The van der Waals surface area contributed by atoms with Gasteiger partial charge >= 0.3 is 0 Å². The number of pyridine rings is 2. The number of hydrogen-bond donors (Lipinski definition) is 4. The number of ketones is 4.